The topological polar surface area (TPSA) is 110 Å². The van der Waals surface area contributed by atoms with Crippen LogP contribution in [-0.4, -0.2) is 27.2 Å². The predicted octanol–water partition coefficient (Wildman–Crippen LogP) is 3.89. The van der Waals surface area contributed by atoms with E-state index in [4.69, 9.17) is 5.73 Å². The first-order valence-electron chi connectivity index (χ1n) is 9.91. The normalized spacial score (nSPS) is 11.4. The van der Waals surface area contributed by atoms with Crippen molar-refractivity contribution in [2.75, 3.05) is 12.3 Å². The highest BCUT2D eigenvalue weighted by molar-refractivity contribution is 7.14. The lowest BCUT2D eigenvalue weighted by Crippen LogP contribution is -2.24. The van der Waals surface area contributed by atoms with Crippen molar-refractivity contribution in [3.05, 3.63) is 56.9 Å². The van der Waals surface area contributed by atoms with E-state index < -0.39 is 0 Å². The summed E-state index contributed by atoms with van der Waals surface area (Å²) >= 11 is 1.41. The number of anilines is 1. The molecule has 2 heterocycles. The van der Waals surface area contributed by atoms with Gasteiger partial charge >= 0.3 is 0 Å². The summed E-state index contributed by atoms with van der Waals surface area (Å²) < 4.78 is 14.6. The van der Waals surface area contributed by atoms with Crippen molar-refractivity contribution in [1.29, 1.82) is 5.26 Å². The molecule has 0 aliphatic carbocycles. The SMILES string of the molecule is Cc1nc(C(C)(C)C)sc1C(=O)NCCCc1nn(-c2ccc(F)cc2)c(N)c1C#N. The monoisotopic (exact) mass is 440 g/mol. The average molecular weight is 441 g/mol. The Hall–Kier alpha value is -3.25. The molecule has 9 heteroatoms. The van der Waals surface area contributed by atoms with Gasteiger partial charge in [-0.1, -0.05) is 20.8 Å². The molecule has 0 aliphatic rings. The Morgan fingerprint density at radius 3 is 2.58 bits per heavy atom. The Bertz CT molecular complexity index is 1130. The lowest BCUT2D eigenvalue weighted by Gasteiger charge is -2.13. The number of carbonyl (C=O) groups is 1. The zero-order chi connectivity index (χ0) is 22.8. The van der Waals surface area contributed by atoms with Gasteiger partial charge in [0, 0.05) is 12.0 Å². The maximum Gasteiger partial charge on any atom is 0.263 e. The second kappa shape index (κ2) is 8.86. The molecule has 0 saturated heterocycles. The number of aryl methyl sites for hydroxylation is 2. The molecule has 1 amide bonds. The molecular formula is C22H25FN6OS. The number of aromatic nitrogens is 3. The first-order chi connectivity index (χ1) is 14.6. The Morgan fingerprint density at radius 1 is 1.32 bits per heavy atom. The highest BCUT2D eigenvalue weighted by atomic mass is 32.1. The number of hydrogen-bond donors (Lipinski definition) is 2. The Balaban J connectivity index is 1.64. The molecule has 0 fully saturated rings. The molecule has 0 unspecified atom stereocenters. The van der Waals surface area contributed by atoms with E-state index in [0.717, 1.165) is 10.7 Å². The summed E-state index contributed by atoms with van der Waals surface area (Å²) in [7, 11) is 0. The van der Waals surface area contributed by atoms with Crippen molar-refractivity contribution in [1.82, 2.24) is 20.1 Å². The number of amides is 1. The largest absolute Gasteiger partial charge is 0.382 e. The summed E-state index contributed by atoms with van der Waals surface area (Å²) in [6, 6.07) is 7.81. The van der Waals surface area contributed by atoms with Crippen molar-refractivity contribution < 1.29 is 9.18 Å². The fourth-order valence-electron chi connectivity index (χ4n) is 3.02. The fraction of sp³-hybridized carbons (Fsp3) is 0.364. The maximum absolute atomic E-state index is 13.2. The molecule has 31 heavy (non-hydrogen) atoms. The number of hydrogen-bond acceptors (Lipinski definition) is 6. The number of nitrogen functional groups attached to an aromatic ring is 1. The van der Waals surface area contributed by atoms with Crippen molar-refractivity contribution in [2.45, 2.75) is 46.0 Å². The van der Waals surface area contributed by atoms with Gasteiger partial charge in [0.05, 0.1) is 22.1 Å². The predicted molar refractivity (Wildman–Crippen MR) is 119 cm³/mol. The molecule has 0 aliphatic heterocycles. The highest BCUT2D eigenvalue weighted by Gasteiger charge is 2.23. The summed E-state index contributed by atoms with van der Waals surface area (Å²) in [6.45, 7) is 8.46. The minimum atomic E-state index is -0.364. The molecule has 3 aromatic rings. The van der Waals surface area contributed by atoms with Crippen LogP contribution in [0.5, 0.6) is 0 Å². The van der Waals surface area contributed by atoms with Crippen LogP contribution < -0.4 is 11.1 Å². The van der Waals surface area contributed by atoms with Gasteiger partial charge in [-0.2, -0.15) is 10.4 Å². The molecule has 0 saturated carbocycles. The molecular weight excluding hydrogens is 415 g/mol. The number of nitrogens with zero attached hydrogens (tertiary/aromatic N) is 4. The summed E-state index contributed by atoms with van der Waals surface area (Å²) in [5, 5.41) is 17.7. The standard InChI is InChI=1S/C22H25FN6OS/c1-13-18(31-21(27-13)22(2,3)4)20(30)26-11-5-6-17-16(12-24)19(25)29(28-17)15-9-7-14(23)8-10-15/h7-10H,5-6,11,25H2,1-4H3,(H,26,30). The van der Waals surface area contributed by atoms with E-state index in [1.165, 1.54) is 28.2 Å². The quantitative estimate of drug-likeness (QED) is 0.565. The molecule has 0 atom stereocenters. The van der Waals surface area contributed by atoms with Crippen LogP contribution in [0.3, 0.4) is 0 Å². The van der Waals surface area contributed by atoms with Gasteiger partial charge in [-0.15, -0.1) is 11.3 Å². The maximum atomic E-state index is 13.2. The number of rotatable bonds is 6. The van der Waals surface area contributed by atoms with E-state index in [-0.39, 0.29) is 23.0 Å². The third-order valence-corrected chi connectivity index (χ3v) is 6.28. The van der Waals surface area contributed by atoms with Gasteiger partial charge < -0.3 is 11.1 Å². The van der Waals surface area contributed by atoms with E-state index in [0.29, 0.717) is 41.2 Å². The van der Waals surface area contributed by atoms with Crippen molar-refractivity contribution in [3.63, 3.8) is 0 Å². The molecule has 1 aromatic carbocycles. The average Bonchev–Trinajstić information content (AvgIpc) is 3.25. The van der Waals surface area contributed by atoms with Crippen LogP contribution in [0.2, 0.25) is 0 Å². The van der Waals surface area contributed by atoms with Crippen LogP contribution in [0.25, 0.3) is 5.69 Å². The second-order valence-corrected chi connectivity index (χ2v) is 9.25. The lowest BCUT2D eigenvalue weighted by molar-refractivity contribution is 0.0956. The second-order valence-electron chi connectivity index (χ2n) is 8.25. The van der Waals surface area contributed by atoms with Crippen LogP contribution in [-0.2, 0) is 11.8 Å². The van der Waals surface area contributed by atoms with Crippen LogP contribution in [0, 0.1) is 24.1 Å². The van der Waals surface area contributed by atoms with Gasteiger partial charge in [0.15, 0.2) is 0 Å². The Labute approximate surface area is 184 Å². The molecule has 7 nitrogen and oxygen atoms in total. The van der Waals surface area contributed by atoms with Crippen LogP contribution in [0.15, 0.2) is 24.3 Å². The zero-order valence-electron chi connectivity index (χ0n) is 18.0. The molecule has 2 aromatic heterocycles. The van der Waals surface area contributed by atoms with Crippen LogP contribution in [0.1, 0.15) is 58.8 Å². The minimum absolute atomic E-state index is 0.106. The van der Waals surface area contributed by atoms with Crippen LogP contribution >= 0.6 is 11.3 Å². The number of carbonyl (C=O) groups excluding carboxylic acids is 1. The zero-order valence-corrected chi connectivity index (χ0v) is 18.8. The minimum Gasteiger partial charge on any atom is -0.382 e. The Kier molecular flexibility index (Phi) is 6.41. The van der Waals surface area contributed by atoms with E-state index in [2.05, 4.69) is 42.2 Å². The van der Waals surface area contributed by atoms with Gasteiger partial charge in [-0.25, -0.2) is 14.1 Å². The number of nitriles is 1. The number of nitrogens with one attached hydrogen (secondary N) is 1. The van der Waals surface area contributed by atoms with E-state index >= 15 is 0 Å². The van der Waals surface area contributed by atoms with Gasteiger partial charge in [-0.05, 0) is 44.0 Å². The first-order valence-corrected chi connectivity index (χ1v) is 10.7. The first kappa shape index (κ1) is 22.4. The lowest BCUT2D eigenvalue weighted by atomic mass is 9.98. The number of nitrogens with two attached hydrogens (primary N) is 1. The molecule has 162 valence electrons. The summed E-state index contributed by atoms with van der Waals surface area (Å²) in [4.78, 5) is 17.7. The van der Waals surface area contributed by atoms with Crippen molar-refractivity contribution in [3.8, 4) is 11.8 Å². The smallest absolute Gasteiger partial charge is 0.263 e. The van der Waals surface area contributed by atoms with Crippen molar-refractivity contribution in [2.24, 2.45) is 0 Å². The summed E-state index contributed by atoms with van der Waals surface area (Å²) in [5.74, 6) is -0.303. The van der Waals surface area contributed by atoms with E-state index in [1.807, 2.05) is 6.92 Å². The third kappa shape index (κ3) is 4.91. The van der Waals surface area contributed by atoms with Gasteiger partial charge in [0.25, 0.3) is 5.91 Å². The number of benzene rings is 1. The molecule has 0 radical (unpaired) electrons. The number of halogens is 1. The number of thiazole rings is 1. The summed E-state index contributed by atoms with van der Waals surface area (Å²) in [5.41, 5.74) is 8.11. The van der Waals surface area contributed by atoms with E-state index in [1.54, 1.807) is 12.1 Å². The Morgan fingerprint density at radius 2 is 2.00 bits per heavy atom. The van der Waals surface area contributed by atoms with Gasteiger partial charge in [0.1, 0.15) is 28.1 Å². The summed E-state index contributed by atoms with van der Waals surface area (Å²) in [6.07, 6.45) is 1.06. The highest BCUT2D eigenvalue weighted by Crippen LogP contribution is 2.29. The molecule has 0 spiro atoms. The third-order valence-electron chi connectivity index (χ3n) is 4.70. The van der Waals surface area contributed by atoms with E-state index in [9.17, 15) is 14.4 Å². The fourth-order valence-corrected chi connectivity index (χ4v) is 4.06. The van der Waals surface area contributed by atoms with Gasteiger partial charge in [-0.3, -0.25) is 4.79 Å². The van der Waals surface area contributed by atoms with Crippen molar-refractivity contribution >= 4 is 23.1 Å². The van der Waals surface area contributed by atoms with Gasteiger partial charge in [0.2, 0.25) is 0 Å². The molecule has 3 rings (SSSR count). The molecule has 0 bridgehead atoms. The van der Waals surface area contributed by atoms with Crippen LogP contribution in [0.4, 0.5) is 10.2 Å². The molecule has 3 N–H and O–H groups in total.